The number of sulfonamides is 1. The van der Waals surface area contributed by atoms with Crippen LogP contribution in [0.15, 0.2) is 83.9 Å². The predicted molar refractivity (Wildman–Crippen MR) is 137 cm³/mol. The van der Waals surface area contributed by atoms with Gasteiger partial charge in [-0.15, -0.1) is 0 Å². The zero-order chi connectivity index (χ0) is 26.0. The summed E-state index contributed by atoms with van der Waals surface area (Å²) < 4.78 is 46.3. The number of carbonyl (C=O) groups excluding carboxylic acids is 2. The van der Waals surface area contributed by atoms with Crippen molar-refractivity contribution in [2.45, 2.75) is 4.90 Å². The van der Waals surface area contributed by atoms with E-state index in [1.54, 1.807) is 24.4 Å². The predicted octanol–water partition coefficient (Wildman–Crippen LogP) is 3.86. The molecular formula is C27H24FN3O5S. The molecule has 10 heteroatoms. The molecule has 0 saturated carbocycles. The number of nitrogens with one attached hydrogen (secondary N) is 1. The Bertz CT molecular complexity index is 1560. The highest BCUT2D eigenvalue weighted by Gasteiger charge is 2.29. The average Bonchev–Trinajstić information content (AvgIpc) is 3.36. The first-order chi connectivity index (χ1) is 17.8. The molecule has 1 aliphatic rings. The van der Waals surface area contributed by atoms with E-state index >= 15 is 0 Å². The van der Waals surface area contributed by atoms with Gasteiger partial charge in [0.05, 0.1) is 10.5 Å². The number of halogens is 1. The number of aromatic nitrogens is 1. The zero-order valence-electron chi connectivity index (χ0n) is 19.8. The minimum atomic E-state index is -3.85. The lowest BCUT2D eigenvalue weighted by Crippen LogP contribution is -2.48. The van der Waals surface area contributed by atoms with Gasteiger partial charge >= 0.3 is 5.97 Å². The third kappa shape index (κ3) is 5.11. The van der Waals surface area contributed by atoms with Crippen LogP contribution in [0.1, 0.15) is 20.7 Å². The molecule has 8 nitrogen and oxygen atoms in total. The molecule has 5 rings (SSSR count). The second-order valence-corrected chi connectivity index (χ2v) is 10.6. The molecule has 0 amide bonds. The molecule has 0 spiro atoms. The summed E-state index contributed by atoms with van der Waals surface area (Å²) in [6.45, 7) is 0.912. The van der Waals surface area contributed by atoms with Crippen molar-refractivity contribution >= 4 is 38.4 Å². The molecule has 190 valence electrons. The minimum absolute atomic E-state index is 0.0277. The number of anilines is 1. The number of hydrogen-bond donors (Lipinski definition) is 1. The number of piperazine rings is 1. The summed E-state index contributed by atoms with van der Waals surface area (Å²) in [5.41, 5.74) is 2.08. The molecule has 1 aliphatic heterocycles. The van der Waals surface area contributed by atoms with Gasteiger partial charge in [0.2, 0.25) is 15.8 Å². The van der Waals surface area contributed by atoms with Crippen LogP contribution in [0.3, 0.4) is 0 Å². The van der Waals surface area contributed by atoms with E-state index in [1.165, 1.54) is 40.7 Å². The number of rotatable bonds is 7. The molecule has 1 fully saturated rings. The second-order valence-electron chi connectivity index (χ2n) is 8.64. The topological polar surface area (TPSA) is 99.8 Å². The summed E-state index contributed by atoms with van der Waals surface area (Å²) in [4.78, 5) is 30.2. The fourth-order valence-corrected chi connectivity index (χ4v) is 5.83. The summed E-state index contributed by atoms with van der Waals surface area (Å²) in [5, 5.41) is 0.733. The van der Waals surface area contributed by atoms with Gasteiger partial charge in [-0.2, -0.15) is 4.31 Å². The number of carbonyl (C=O) groups is 2. The lowest BCUT2D eigenvalue weighted by molar-refractivity contribution is 0.0475. The highest BCUT2D eigenvalue weighted by molar-refractivity contribution is 7.89. The number of H-pyrrole nitrogens is 1. The average molecular weight is 522 g/mol. The van der Waals surface area contributed by atoms with Crippen LogP contribution in [0.5, 0.6) is 0 Å². The standard InChI is InChI=1S/C27H24FN3O5S/c28-20-8-10-21(11-9-20)30-12-14-31(15-13-30)37(34,35)22-5-3-4-19(16-22)27(33)36-18-26(32)24-17-29-25-7-2-1-6-23(24)25/h1-11,16-17,29H,12-15,18H2. The van der Waals surface area contributed by atoms with Crippen molar-refractivity contribution in [2.24, 2.45) is 0 Å². The van der Waals surface area contributed by atoms with Crippen molar-refractivity contribution in [1.29, 1.82) is 0 Å². The Kier molecular flexibility index (Phi) is 6.77. The maximum Gasteiger partial charge on any atom is 0.338 e. The smallest absolute Gasteiger partial charge is 0.338 e. The first kappa shape index (κ1) is 24.7. The molecule has 0 unspecified atom stereocenters. The minimum Gasteiger partial charge on any atom is -0.454 e. The van der Waals surface area contributed by atoms with Gasteiger partial charge in [-0.3, -0.25) is 4.79 Å². The van der Waals surface area contributed by atoms with Crippen LogP contribution in [-0.2, 0) is 14.8 Å². The molecular weight excluding hydrogens is 497 g/mol. The maximum atomic E-state index is 13.2. The van der Waals surface area contributed by atoms with E-state index in [4.69, 9.17) is 4.74 Å². The number of esters is 1. The molecule has 0 bridgehead atoms. The Hall–Kier alpha value is -4.02. The van der Waals surface area contributed by atoms with Gasteiger partial charge in [0.25, 0.3) is 0 Å². The quantitative estimate of drug-likeness (QED) is 0.293. The van der Waals surface area contributed by atoms with Crippen LogP contribution in [0.2, 0.25) is 0 Å². The highest BCUT2D eigenvalue weighted by atomic mass is 32.2. The zero-order valence-corrected chi connectivity index (χ0v) is 20.6. The lowest BCUT2D eigenvalue weighted by Gasteiger charge is -2.35. The Morgan fingerprint density at radius 2 is 1.65 bits per heavy atom. The van der Waals surface area contributed by atoms with Crippen molar-refractivity contribution in [1.82, 2.24) is 9.29 Å². The van der Waals surface area contributed by atoms with Crippen molar-refractivity contribution in [3.63, 3.8) is 0 Å². The Balaban J connectivity index is 1.23. The van der Waals surface area contributed by atoms with Crippen LogP contribution in [0.25, 0.3) is 10.9 Å². The Morgan fingerprint density at radius 3 is 2.41 bits per heavy atom. The van der Waals surface area contributed by atoms with Crippen molar-refractivity contribution in [3.8, 4) is 0 Å². The molecule has 0 atom stereocenters. The van der Waals surface area contributed by atoms with Crippen LogP contribution in [0, 0.1) is 5.82 Å². The summed E-state index contributed by atoms with van der Waals surface area (Å²) in [7, 11) is -3.85. The number of benzene rings is 3. The van der Waals surface area contributed by atoms with E-state index < -0.39 is 22.6 Å². The van der Waals surface area contributed by atoms with Gasteiger partial charge in [0.15, 0.2) is 6.61 Å². The van der Waals surface area contributed by atoms with Crippen LogP contribution in [-0.4, -0.2) is 62.2 Å². The number of aromatic amines is 1. The van der Waals surface area contributed by atoms with Gasteiger partial charge in [-0.1, -0.05) is 24.3 Å². The highest BCUT2D eigenvalue weighted by Crippen LogP contribution is 2.23. The van der Waals surface area contributed by atoms with E-state index in [0.29, 0.717) is 18.7 Å². The number of para-hydroxylation sites is 1. The lowest BCUT2D eigenvalue weighted by atomic mass is 10.1. The normalized spacial score (nSPS) is 14.6. The fraction of sp³-hybridized carbons (Fsp3) is 0.185. The molecule has 3 aromatic carbocycles. The fourth-order valence-electron chi connectivity index (χ4n) is 4.37. The molecule has 1 saturated heterocycles. The van der Waals surface area contributed by atoms with Crippen LogP contribution < -0.4 is 4.90 Å². The molecule has 37 heavy (non-hydrogen) atoms. The van der Waals surface area contributed by atoms with Crippen molar-refractivity contribution in [2.75, 3.05) is 37.7 Å². The molecule has 1 N–H and O–H groups in total. The number of fused-ring (bicyclic) bond motifs is 1. The van der Waals surface area contributed by atoms with Gasteiger partial charge in [0, 0.05) is 54.5 Å². The largest absolute Gasteiger partial charge is 0.454 e. The summed E-state index contributed by atoms with van der Waals surface area (Å²) >= 11 is 0. The number of ether oxygens (including phenoxy) is 1. The number of nitrogens with zero attached hydrogens (tertiary/aromatic N) is 2. The molecule has 4 aromatic rings. The maximum absolute atomic E-state index is 13.2. The molecule has 0 radical (unpaired) electrons. The van der Waals surface area contributed by atoms with Gasteiger partial charge < -0.3 is 14.6 Å². The van der Waals surface area contributed by atoms with Crippen LogP contribution in [0.4, 0.5) is 10.1 Å². The number of ketones is 1. The SMILES string of the molecule is O=C(OCC(=O)c1c[nH]c2ccccc12)c1cccc(S(=O)(=O)N2CCN(c3ccc(F)cc3)CC2)c1. The number of hydrogen-bond acceptors (Lipinski definition) is 6. The van der Waals surface area contributed by atoms with Crippen molar-refractivity contribution < 1.29 is 27.1 Å². The Labute approximate surface area is 213 Å². The van der Waals surface area contributed by atoms with Gasteiger partial charge in [-0.25, -0.2) is 17.6 Å². The van der Waals surface area contributed by atoms with E-state index in [9.17, 15) is 22.4 Å². The van der Waals surface area contributed by atoms with E-state index in [1.807, 2.05) is 23.1 Å². The molecule has 0 aliphatic carbocycles. The second kappa shape index (κ2) is 10.2. The van der Waals surface area contributed by atoms with E-state index in [2.05, 4.69) is 4.98 Å². The molecule has 2 heterocycles. The monoisotopic (exact) mass is 521 g/mol. The Morgan fingerprint density at radius 1 is 0.919 bits per heavy atom. The first-order valence-electron chi connectivity index (χ1n) is 11.7. The van der Waals surface area contributed by atoms with E-state index in [0.717, 1.165) is 16.6 Å². The van der Waals surface area contributed by atoms with Crippen molar-refractivity contribution in [3.05, 3.63) is 95.9 Å². The third-order valence-electron chi connectivity index (χ3n) is 6.36. The first-order valence-corrected chi connectivity index (χ1v) is 13.1. The summed E-state index contributed by atoms with van der Waals surface area (Å²) in [6, 6.07) is 19.0. The summed E-state index contributed by atoms with van der Waals surface area (Å²) in [6.07, 6.45) is 1.57. The molecule has 1 aromatic heterocycles. The van der Waals surface area contributed by atoms with Crippen LogP contribution >= 0.6 is 0 Å². The van der Waals surface area contributed by atoms with Gasteiger partial charge in [-0.05, 0) is 48.5 Å². The van der Waals surface area contributed by atoms with E-state index in [-0.39, 0.29) is 35.1 Å². The third-order valence-corrected chi connectivity index (χ3v) is 8.26. The van der Waals surface area contributed by atoms with Gasteiger partial charge in [0.1, 0.15) is 5.82 Å². The number of Topliss-reactive ketones (excluding diaryl/α,β-unsaturated/α-hetero) is 1. The summed E-state index contributed by atoms with van der Waals surface area (Å²) in [5.74, 6) is -1.48.